The van der Waals surface area contributed by atoms with Crippen molar-refractivity contribution < 1.29 is 24.0 Å². The van der Waals surface area contributed by atoms with Crippen LogP contribution in [0.5, 0.6) is 0 Å². The second-order valence-electron chi connectivity index (χ2n) is 9.17. The third-order valence-electron chi connectivity index (χ3n) is 6.61. The number of nitrogens with zero attached hydrogens (tertiary/aromatic N) is 2. The maximum atomic E-state index is 11.4. The topological polar surface area (TPSA) is 25.3 Å². The second kappa shape index (κ2) is 13.7. The standard InChI is InChI=1S/C30H40N2.Ni.2H/c1-5-8-11-14-25-15-12-16-27(22-25)30-28(17-10-7-3)23(4)29(32(30)31)26-20-18-24(19-21-26)13-9-6-2;;;/h12,15-16,18-22H,5-11,13-14,17H2,1-4H3;;;/q;;2*-1. The van der Waals surface area contributed by atoms with E-state index in [1.54, 1.807) is 0 Å². The summed E-state index contributed by atoms with van der Waals surface area (Å²) in [5.74, 6) is 0. The Morgan fingerprint density at radius 3 is 2.00 bits per heavy atom. The van der Waals surface area contributed by atoms with E-state index in [9.17, 15) is 5.53 Å². The number of rotatable bonds is 12. The zero-order chi connectivity index (χ0) is 22.9. The van der Waals surface area contributed by atoms with Crippen LogP contribution in [-0.2, 0) is 29.3 Å². The maximum Gasteiger partial charge on any atom is 0.211 e. The summed E-state index contributed by atoms with van der Waals surface area (Å²) in [6, 6.07) is 17.6. The van der Waals surface area contributed by atoms with E-state index in [0.29, 0.717) is 0 Å². The first-order chi connectivity index (χ1) is 15.6. The first-order valence-corrected chi connectivity index (χ1v) is 12.7. The monoisotopic (exact) mass is 488 g/mol. The van der Waals surface area contributed by atoms with Crippen LogP contribution in [0.1, 0.15) is 104 Å². The van der Waals surface area contributed by atoms with Crippen molar-refractivity contribution in [1.29, 1.82) is 0 Å². The molecule has 1 heterocycles. The molecule has 33 heavy (non-hydrogen) atoms. The summed E-state index contributed by atoms with van der Waals surface area (Å²) < 4.78 is 1.46. The van der Waals surface area contributed by atoms with Crippen LogP contribution in [0, 0.1) is 0 Å². The van der Waals surface area contributed by atoms with Crippen LogP contribution in [0.3, 0.4) is 0 Å². The molecule has 1 aliphatic heterocycles. The van der Waals surface area contributed by atoms with Gasteiger partial charge in [-0.2, -0.15) is 0 Å². The van der Waals surface area contributed by atoms with Crippen molar-refractivity contribution in [2.24, 2.45) is 0 Å². The van der Waals surface area contributed by atoms with Crippen molar-refractivity contribution in [2.45, 2.75) is 91.9 Å². The molecule has 0 aliphatic carbocycles. The van der Waals surface area contributed by atoms with Crippen LogP contribution >= 0.6 is 0 Å². The molecule has 0 N–H and O–H groups in total. The Balaban J connectivity index is 0.00000385. The molecule has 184 valence electrons. The summed E-state index contributed by atoms with van der Waals surface area (Å²) in [6.45, 7) is 8.88. The Hall–Kier alpha value is -1.99. The fraction of sp³-hybridized carbons (Fsp3) is 0.467. The van der Waals surface area contributed by atoms with Gasteiger partial charge in [0.1, 0.15) is 0 Å². The minimum atomic E-state index is 0. The van der Waals surface area contributed by atoms with Gasteiger partial charge in [-0.1, -0.05) is 70.7 Å². The summed E-state index contributed by atoms with van der Waals surface area (Å²) in [6.07, 6.45) is 11.6. The van der Waals surface area contributed by atoms with Gasteiger partial charge >= 0.3 is 0 Å². The summed E-state index contributed by atoms with van der Waals surface area (Å²) in [4.78, 5) is 0. The fourth-order valence-corrected chi connectivity index (χ4v) is 4.68. The predicted molar refractivity (Wildman–Crippen MR) is 140 cm³/mol. The number of hydrogen-bond acceptors (Lipinski definition) is 0. The van der Waals surface area contributed by atoms with E-state index in [0.717, 1.165) is 54.6 Å². The van der Waals surface area contributed by atoms with Gasteiger partial charge in [0.05, 0.1) is 0 Å². The minimum Gasteiger partial charge on any atom is -1.00 e. The zero-order valence-corrected chi connectivity index (χ0v) is 21.9. The largest absolute Gasteiger partial charge is 1.00 e. The van der Waals surface area contributed by atoms with Crippen molar-refractivity contribution in [3.8, 4) is 0 Å². The minimum absolute atomic E-state index is 0. The Morgan fingerprint density at radius 1 is 0.697 bits per heavy atom. The van der Waals surface area contributed by atoms with Gasteiger partial charge in [0, 0.05) is 38.8 Å². The molecule has 0 radical (unpaired) electrons. The molecule has 2 aromatic carbocycles. The van der Waals surface area contributed by atoms with Crippen LogP contribution in [0.15, 0.2) is 59.7 Å². The van der Waals surface area contributed by atoms with E-state index < -0.39 is 0 Å². The average Bonchev–Trinajstić information content (AvgIpc) is 3.06. The Kier molecular flexibility index (Phi) is 11.3. The Labute approximate surface area is 214 Å². The number of unbranched alkanes of at least 4 members (excludes halogenated alkanes) is 4. The molecule has 2 aromatic rings. The molecule has 0 spiro atoms. The number of allylic oxidation sites excluding steroid dienone is 2. The van der Waals surface area contributed by atoms with Crippen LogP contribution < -0.4 is 0 Å². The van der Waals surface area contributed by atoms with Crippen molar-refractivity contribution in [1.82, 2.24) is 0 Å². The molecule has 0 aromatic heterocycles. The molecule has 3 heteroatoms. The van der Waals surface area contributed by atoms with Gasteiger partial charge in [0.2, 0.25) is 11.4 Å². The van der Waals surface area contributed by atoms with Gasteiger partial charge in [-0.25, -0.2) is 4.70 Å². The van der Waals surface area contributed by atoms with Gasteiger partial charge in [0.25, 0.3) is 0 Å². The van der Waals surface area contributed by atoms with Crippen LogP contribution in [0.4, 0.5) is 0 Å². The number of benzene rings is 2. The first kappa shape index (κ1) is 27.3. The SMILES string of the molecule is CCCCCc1cccc(C2=C(CCCC)C(C)=C(c3ccc(CCCC)cc3)[N+]2=[N-])c1.[H-].[H-].[Ni]. The molecule has 2 nitrogen and oxygen atoms in total. The second-order valence-corrected chi connectivity index (χ2v) is 9.17. The van der Waals surface area contributed by atoms with Crippen LogP contribution in [0.2, 0.25) is 0 Å². The fourth-order valence-electron chi connectivity index (χ4n) is 4.68. The van der Waals surface area contributed by atoms with Gasteiger partial charge in [-0.15, -0.1) is 0 Å². The van der Waals surface area contributed by atoms with Crippen molar-refractivity contribution >= 4 is 11.4 Å². The van der Waals surface area contributed by atoms with Crippen molar-refractivity contribution in [3.05, 3.63) is 87.5 Å². The summed E-state index contributed by atoms with van der Waals surface area (Å²) >= 11 is 0. The predicted octanol–water partition coefficient (Wildman–Crippen LogP) is 9.36. The summed E-state index contributed by atoms with van der Waals surface area (Å²) in [5, 5.41) is 0. The Morgan fingerprint density at radius 2 is 1.33 bits per heavy atom. The van der Waals surface area contributed by atoms with Crippen molar-refractivity contribution in [2.75, 3.05) is 0 Å². The van der Waals surface area contributed by atoms with Gasteiger partial charge < -0.3 is 8.38 Å². The van der Waals surface area contributed by atoms with E-state index in [4.69, 9.17) is 0 Å². The van der Waals surface area contributed by atoms with Gasteiger partial charge in [0.15, 0.2) is 0 Å². The number of aryl methyl sites for hydroxylation is 2. The van der Waals surface area contributed by atoms with E-state index >= 15 is 0 Å². The van der Waals surface area contributed by atoms with E-state index in [2.05, 4.69) is 76.2 Å². The van der Waals surface area contributed by atoms with E-state index in [1.807, 2.05) is 0 Å². The van der Waals surface area contributed by atoms with E-state index in [-0.39, 0.29) is 19.3 Å². The normalized spacial score (nSPS) is 13.6. The molecule has 0 amide bonds. The average molecular weight is 489 g/mol. The van der Waals surface area contributed by atoms with Gasteiger partial charge in [-0.3, -0.25) is 0 Å². The molecule has 0 atom stereocenters. The first-order valence-electron chi connectivity index (χ1n) is 12.7. The molecular weight excluding hydrogens is 447 g/mol. The van der Waals surface area contributed by atoms with Crippen LogP contribution in [0.25, 0.3) is 16.9 Å². The molecule has 0 bridgehead atoms. The summed E-state index contributed by atoms with van der Waals surface area (Å²) in [5.41, 5.74) is 20.8. The molecule has 3 rings (SSSR count). The van der Waals surface area contributed by atoms with E-state index in [1.165, 1.54) is 59.1 Å². The smallest absolute Gasteiger partial charge is 0.211 e. The van der Waals surface area contributed by atoms with Crippen molar-refractivity contribution in [3.63, 3.8) is 0 Å². The molecular formula is C30H42N2Ni-2. The maximum absolute atomic E-state index is 11.4. The molecule has 0 unspecified atom stereocenters. The van der Waals surface area contributed by atoms with Crippen LogP contribution in [-0.4, -0.2) is 4.70 Å². The quantitative estimate of drug-likeness (QED) is 0.161. The molecule has 0 saturated heterocycles. The number of hydrogen-bond donors (Lipinski definition) is 0. The molecule has 1 aliphatic rings. The third kappa shape index (κ3) is 6.76. The van der Waals surface area contributed by atoms with Gasteiger partial charge in [-0.05, 0) is 80.8 Å². The Bertz CT molecular complexity index is 994. The summed E-state index contributed by atoms with van der Waals surface area (Å²) in [7, 11) is 0. The zero-order valence-electron chi connectivity index (χ0n) is 22.9. The third-order valence-corrected chi connectivity index (χ3v) is 6.61. The molecule has 0 saturated carbocycles. The molecule has 0 fully saturated rings.